The first-order valence-electron chi connectivity index (χ1n) is 4.45. The molecule has 1 atom stereocenters. The van der Waals surface area contributed by atoms with Crippen LogP contribution in [0.4, 0.5) is 5.69 Å². The molecule has 0 radical (unpaired) electrons. The zero-order valence-corrected chi connectivity index (χ0v) is 8.16. The van der Waals surface area contributed by atoms with Gasteiger partial charge in [0.05, 0.1) is 12.8 Å². The molecule has 68 valence electrons. The fraction of sp³-hybridized carbons (Fsp3) is 0.364. The second kappa shape index (κ2) is 2.87. The van der Waals surface area contributed by atoms with E-state index >= 15 is 0 Å². The van der Waals surface area contributed by atoms with E-state index in [0.29, 0.717) is 5.92 Å². The molecule has 2 nitrogen and oxygen atoms in total. The molecule has 0 bridgehead atoms. The highest BCUT2D eigenvalue weighted by Gasteiger charge is 2.20. The van der Waals surface area contributed by atoms with Gasteiger partial charge in [0.25, 0.3) is 0 Å². The van der Waals surface area contributed by atoms with Crippen molar-refractivity contribution in [2.45, 2.75) is 19.8 Å². The van der Waals surface area contributed by atoms with Crippen LogP contribution < -0.4 is 4.74 Å². The van der Waals surface area contributed by atoms with Crippen LogP contribution in [-0.4, -0.2) is 12.8 Å². The van der Waals surface area contributed by atoms with Crippen molar-refractivity contribution in [1.29, 1.82) is 0 Å². The number of hydrogen-bond acceptors (Lipinski definition) is 2. The van der Waals surface area contributed by atoms with Crippen LogP contribution in [-0.2, 0) is 0 Å². The van der Waals surface area contributed by atoms with Crippen molar-refractivity contribution in [3.63, 3.8) is 0 Å². The number of rotatable bonds is 1. The summed E-state index contributed by atoms with van der Waals surface area (Å²) < 4.78 is 5.17. The maximum absolute atomic E-state index is 5.17. The summed E-state index contributed by atoms with van der Waals surface area (Å²) in [6, 6.07) is 6.04. The molecule has 0 N–H and O–H groups in total. The average Bonchev–Trinajstić information content (AvgIpc) is 2.43. The molecule has 0 aliphatic carbocycles. The van der Waals surface area contributed by atoms with E-state index in [1.165, 1.54) is 11.3 Å². The highest BCUT2D eigenvalue weighted by Crippen LogP contribution is 2.37. The summed E-state index contributed by atoms with van der Waals surface area (Å²) in [4.78, 5) is 4.47. The molecule has 13 heavy (non-hydrogen) atoms. The van der Waals surface area contributed by atoms with E-state index in [0.717, 1.165) is 11.4 Å². The predicted molar refractivity (Wildman–Crippen MR) is 54.2 cm³/mol. The Bertz CT molecular complexity index is 368. The van der Waals surface area contributed by atoms with E-state index in [1.807, 2.05) is 12.1 Å². The van der Waals surface area contributed by atoms with Gasteiger partial charge in [0.2, 0.25) is 0 Å². The molecule has 0 saturated carbocycles. The van der Waals surface area contributed by atoms with Crippen LogP contribution in [0.25, 0.3) is 0 Å². The lowest BCUT2D eigenvalue weighted by molar-refractivity contribution is 0.414. The van der Waals surface area contributed by atoms with E-state index in [4.69, 9.17) is 4.74 Å². The molecular weight excluding hydrogens is 162 g/mol. The van der Waals surface area contributed by atoms with Crippen LogP contribution >= 0.6 is 0 Å². The zero-order chi connectivity index (χ0) is 9.42. The molecular formula is C11H13NO. The van der Waals surface area contributed by atoms with Crippen LogP contribution in [0.15, 0.2) is 23.2 Å². The molecule has 1 aliphatic heterocycles. The maximum atomic E-state index is 5.17. The van der Waals surface area contributed by atoms with Gasteiger partial charge in [0.1, 0.15) is 5.75 Å². The number of fused-ring (bicyclic) bond motifs is 1. The molecule has 2 rings (SSSR count). The average molecular weight is 175 g/mol. The monoisotopic (exact) mass is 175 g/mol. The minimum Gasteiger partial charge on any atom is -0.497 e. The first kappa shape index (κ1) is 8.30. The molecule has 0 fully saturated rings. The molecule has 0 aromatic heterocycles. The lowest BCUT2D eigenvalue weighted by atomic mass is 9.99. The van der Waals surface area contributed by atoms with Crippen LogP contribution in [0.1, 0.15) is 25.3 Å². The van der Waals surface area contributed by atoms with Gasteiger partial charge in [-0.1, -0.05) is 6.92 Å². The van der Waals surface area contributed by atoms with E-state index in [9.17, 15) is 0 Å². The Morgan fingerprint density at radius 1 is 1.38 bits per heavy atom. The Kier molecular flexibility index (Phi) is 1.83. The van der Waals surface area contributed by atoms with Crippen LogP contribution in [0, 0.1) is 0 Å². The second-order valence-corrected chi connectivity index (χ2v) is 3.40. The van der Waals surface area contributed by atoms with Crippen molar-refractivity contribution in [3.8, 4) is 5.75 Å². The highest BCUT2D eigenvalue weighted by molar-refractivity contribution is 5.96. The first-order chi connectivity index (χ1) is 6.22. The molecule has 2 heteroatoms. The Labute approximate surface area is 78.3 Å². The summed E-state index contributed by atoms with van der Waals surface area (Å²) in [5.74, 6) is 1.35. The zero-order valence-electron chi connectivity index (χ0n) is 8.16. The number of nitrogens with zero attached hydrogens (tertiary/aromatic N) is 1. The summed E-state index contributed by atoms with van der Waals surface area (Å²) in [6.45, 7) is 4.24. The molecule has 1 aromatic carbocycles. The van der Waals surface area contributed by atoms with Gasteiger partial charge in [0.15, 0.2) is 0 Å². The van der Waals surface area contributed by atoms with Gasteiger partial charge in [-0.05, 0) is 30.7 Å². The number of ether oxygens (including phenoxy) is 1. The van der Waals surface area contributed by atoms with E-state index in [-0.39, 0.29) is 0 Å². The lowest BCUT2D eigenvalue weighted by Gasteiger charge is -2.06. The fourth-order valence-corrected chi connectivity index (χ4v) is 1.62. The van der Waals surface area contributed by atoms with Crippen molar-refractivity contribution in [2.24, 2.45) is 4.99 Å². The SMILES string of the molecule is COc1ccc2c(c1)C(C)C(C)=N2. The van der Waals surface area contributed by atoms with Gasteiger partial charge in [0, 0.05) is 11.6 Å². The fourth-order valence-electron chi connectivity index (χ4n) is 1.62. The smallest absolute Gasteiger partial charge is 0.119 e. The second-order valence-electron chi connectivity index (χ2n) is 3.40. The van der Waals surface area contributed by atoms with Crippen molar-refractivity contribution in [3.05, 3.63) is 23.8 Å². The van der Waals surface area contributed by atoms with Crippen molar-refractivity contribution in [1.82, 2.24) is 0 Å². The quantitative estimate of drug-likeness (QED) is 0.643. The van der Waals surface area contributed by atoms with Gasteiger partial charge < -0.3 is 4.74 Å². The summed E-state index contributed by atoms with van der Waals surface area (Å²) in [6.07, 6.45) is 0. The van der Waals surface area contributed by atoms with Gasteiger partial charge in [-0.3, -0.25) is 4.99 Å². The van der Waals surface area contributed by atoms with Gasteiger partial charge in [-0.15, -0.1) is 0 Å². The predicted octanol–water partition coefficient (Wildman–Crippen LogP) is 2.90. The topological polar surface area (TPSA) is 21.6 Å². The Morgan fingerprint density at radius 2 is 2.15 bits per heavy atom. The molecule has 1 aromatic rings. The number of hydrogen-bond donors (Lipinski definition) is 0. The standard InChI is InChI=1S/C11H13NO/c1-7-8(2)12-11-5-4-9(13-3)6-10(7)11/h4-7H,1-3H3. The van der Waals surface area contributed by atoms with E-state index < -0.39 is 0 Å². The van der Waals surface area contributed by atoms with E-state index in [2.05, 4.69) is 24.9 Å². The third-order valence-electron chi connectivity index (χ3n) is 2.62. The summed E-state index contributed by atoms with van der Waals surface area (Å²) >= 11 is 0. The largest absolute Gasteiger partial charge is 0.497 e. The normalized spacial score (nSPS) is 19.6. The maximum Gasteiger partial charge on any atom is 0.119 e. The molecule has 1 heterocycles. The van der Waals surface area contributed by atoms with Gasteiger partial charge in [-0.25, -0.2) is 0 Å². The van der Waals surface area contributed by atoms with Crippen molar-refractivity contribution >= 4 is 11.4 Å². The molecule has 1 aliphatic rings. The van der Waals surface area contributed by atoms with Crippen LogP contribution in [0.5, 0.6) is 5.75 Å². The Morgan fingerprint density at radius 3 is 2.85 bits per heavy atom. The van der Waals surface area contributed by atoms with Gasteiger partial charge in [-0.2, -0.15) is 0 Å². The molecule has 0 amide bonds. The van der Waals surface area contributed by atoms with Crippen molar-refractivity contribution in [2.75, 3.05) is 7.11 Å². The highest BCUT2D eigenvalue weighted by atomic mass is 16.5. The van der Waals surface area contributed by atoms with Gasteiger partial charge >= 0.3 is 0 Å². The summed E-state index contributed by atoms with van der Waals surface area (Å²) in [5.41, 5.74) is 3.55. The third kappa shape index (κ3) is 1.22. The number of aliphatic imine (C=N–C) groups is 1. The Hall–Kier alpha value is -1.31. The van der Waals surface area contributed by atoms with E-state index in [1.54, 1.807) is 7.11 Å². The van der Waals surface area contributed by atoms with Crippen LogP contribution in [0.3, 0.4) is 0 Å². The molecule has 0 spiro atoms. The minimum absolute atomic E-state index is 0.435. The number of benzene rings is 1. The molecule has 1 unspecified atom stereocenters. The first-order valence-corrected chi connectivity index (χ1v) is 4.45. The lowest BCUT2D eigenvalue weighted by Crippen LogP contribution is -1.98. The van der Waals surface area contributed by atoms with Crippen molar-refractivity contribution < 1.29 is 4.74 Å². The minimum atomic E-state index is 0.435. The van der Waals surface area contributed by atoms with Crippen LogP contribution in [0.2, 0.25) is 0 Å². The Balaban J connectivity index is 2.48. The number of methoxy groups -OCH3 is 1. The third-order valence-corrected chi connectivity index (χ3v) is 2.62. The summed E-state index contributed by atoms with van der Waals surface area (Å²) in [7, 11) is 1.69. The summed E-state index contributed by atoms with van der Waals surface area (Å²) in [5, 5.41) is 0. The molecule has 0 saturated heterocycles.